The van der Waals surface area contributed by atoms with Gasteiger partial charge in [0.05, 0.1) is 6.10 Å². The van der Waals surface area contributed by atoms with E-state index in [9.17, 15) is 4.39 Å². The summed E-state index contributed by atoms with van der Waals surface area (Å²) in [6.45, 7) is 4.28. The predicted octanol–water partition coefficient (Wildman–Crippen LogP) is 3.57. The summed E-state index contributed by atoms with van der Waals surface area (Å²) in [7, 11) is 3.56. The van der Waals surface area contributed by atoms with E-state index in [2.05, 4.69) is 15.2 Å². The van der Waals surface area contributed by atoms with E-state index in [-0.39, 0.29) is 35.2 Å². The number of ether oxygens (including phenoxy) is 2. The van der Waals surface area contributed by atoms with Crippen molar-refractivity contribution < 1.29 is 13.9 Å². The minimum atomic E-state index is -0.175. The van der Waals surface area contributed by atoms with E-state index in [1.165, 1.54) is 5.56 Å². The van der Waals surface area contributed by atoms with Gasteiger partial charge in [-0.3, -0.25) is 4.99 Å². The topological polar surface area (TPSA) is 46.1 Å². The van der Waals surface area contributed by atoms with Crippen LogP contribution < -0.4 is 5.32 Å². The van der Waals surface area contributed by atoms with Gasteiger partial charge in [0.25, 0.3) is 0 Å². The van der Waals surface area contributed by atoms with Gasteiger partial charge < -0.3 is 19.7 Å². The molecular formula is C21H33FIN3O2. The zero-order chi connectivity index (χ0) is 19.1. The largest absolute Gasteiger partial charge is 0.385 e. The second kappa shape index (κ2) is 11.3. The Hall–Kier alpha value is -0.930. The van der Waals surface area contributed by atoms with E-state index in [1.54, 1.807) is 19.2 Å². The summed E-state index contributed by atoms with van der Waals surface area (Å²) in [5.74, 6) is 0.784. The molecule has 0 aromatic heterocycles. The number of nitrogens with one attached hydrogen (secondary N) is 1. The van der Waals surface area contributed by atoms with E-state index in [0.29, 0.717) is 6.10 Å². The number of hydrogen-bond acceptors (Lipinski definition) is 3. The quantitative estimate of drug-likeness (QED) is 0.254. The predicted molar refractivity (Wildman–Crippen MR) is 121 cm³/mol. The lowest BCUT2D eigenvalue weighted by atomic mass is 9.96. The van der Waals surface area contributed by atoms with Gasteiger partial charge in [-0.1, -0.05) is 12.1 Å². The fraction of sp³-hybridized carbons (Fsp3) is 0.667. The first kappa shape index (κ1) is 23.3. The van der Waals surface area contributed by atoms with Crippen LogP contribution in [0.4, 0.5) is 4.39 Å². The molecule has 1 aromatic rings. The van der Waals surface area contributed by atoms with Gasteiger partial charge in [-0.2, -0.15) is 0 Å². The van der Waals surface area contributed by atoms with Gasteiger partial charge in [-0.05, 0) is 49.8 Å². The molecule has 0 radical (unpaired) electrons. The van der Waals surface area contributed by atoms with Crippen molar-refractivity contribution in [2.45, 2.75) is 43.6 Å². The lowest BCUT2D eigenvalue weighted by molar-refractivity contribution is 0.00989. The van der Waals surface area contributed by atoms with Gasteiger partial charge in [0.1, 0.15) is 5.82 Å². The molecule has 0 spiro atoms. The molecule has 1 aliphatic heterocycles. The van der Waals surface area contributed by atoms with Crippen molar-refractivity contribution in [3.05, 3.63) is 35.6 Å². The van der Waals surface area contributed by atoms with Crippen LogP contribution in [0.2, 0.25) is 0 Å². The number of guanidine groups is 1. The molecular weight excluding hydrogens is 472 g/mol. The highest BCUT2D eigenvalue weighted by atomic mass is 127. The Bertz CT molecular complexity index is 615. The molecule has 2 aliphatic rings. The molecule has 0 atom stereocenters. The lowest BCUT2D eigenvalue weighted by Gasteiger charge is -2.34. The van der Waals surface area contributed by atoms with Crippen LogP contribution in [0.1, 0.15) is 37.7 Å². The van der Waals surface area contributed by atoms with E-state index in [0.717, 1.165) is 70.9 Å². The molecule has 3 rings (SSSR count). The van der Waals surface area contributed by atoms with Gasteiger partial charge in [-0.15, -0.1) is 24.0 Å². The Kier molecular flexibility index (Phi) is 9.43. The van der Waals surface area contributed by atoms with E-state index < -0.39 is 0 Å². The summed E-state index contributed by atoms with van der Waals surface area (Å²) in [6, 6.07) is 6.95. The average molecular weight is 505 g/mol. The molecule has 158 valence electrons. The third-order valence-corrected chi connectivity index (χ3v) is 5.69. The number of nitrogens with zero attached hydrogens (tertiary/aromatic N) is 2. The summed E-state index contributed by atoms with van der Waals surface area (Å²) in [5.41, 5.74) is 1.35. The summed E-state index contributed by atoms with van der Waals surface area (Å²) < 4.78 is 24.2. The lowest BCUT2D eigenvalue weighted by Crippen LogP contribution is -2.48. The molecule has 1 aromatic carbocycles. The standard InChI is InChI=1S/C21H32FN3O2.HI/c1-23-20(25-12-8-19(9-13-25)27-15-3-14-26-2)24-16-21(10-11-21)17-4-6-18(22)7-5-17;/h4-7,19H,3,8-16H2,1-2H3,(H,23,24);1H. The molecule has 1 saturated heterocycles. The number of rotatable bonds is 8. The fourth-order valence-electron chi connectivity index (χ4n) is 3.79. The number of aliphatic imine (C=N–C) groups is 1. The zero-order valence-electron chi connectivity index (χ0n) is 17.0. The van der Waals surface area contributed by atoms with Crippen LogP contribution in [0.3, 0.4) is 0 Å². The molecule has 1 heterocycles. The number of benzene rings is 1. The van der Waals surface area contributed by atoms with Crippen LogP contribution in [0.15, 0.2) is 29.3 Å². The van der Waals surface area contributed by atoms with E-state index in [1.807, 2.05) is 19.2 Å². The van der Waals surface area contributed by atoms with Gasteiger partial charge in [0.2, 0.25) is 0 Å². The van der Waals surface area contributed by atoms with Crippen molar-refractivity contribution in [3.63, 3.8) is 0 Å². The molecule has 2 fully saturated rings. The minimum absolute atomic E-state index is 0. The molecule has 0 bridgehead atoms. The van der Waals surface area contributed by atoms with Crippen molar-refractivity contribution in [2.75, 3.05) is 47.0 Å². The second-order valence-electron chi connectivity index (χ2n) is 7.59. The molecule has 1 aliphatic carbocycles. The SMILES string of the molecule is CN=C(NCC1(c2ccc(F)cc2)CC1)N1CCC(OCCCOC)CC1.I. The second-order valence-corrected chi connectivity index (χ2v) is 7.59. The zero-order valence-corrected chi connectivity index (χ0v) is 19.3. The number of hydrogen-bond donors (Lipinski definition) is 1. The molecule has 0 unspecified atom stereocenters. The van der Waals surface area contributed by atoms with Crippen molar-refractivity contribution in [3.8, 4) is 0 Å². The van der Waals surface area contributed by atoms with Gasteiger partial charge in [-0.25, -0.2) is 4.39 Å². The fourth-order valence-corrected chi connectivity index (χ4v) is 3.79. The molecule has 1 saturated carbocycles. The van der Waals surface area contributed by atoms with Crippen LogP contribution in [-0.4, -0.2) is 64.0 Å². The van der Waals surface area contributed by atoms with Crippen LogP contribution in [0, 0.1) is 5.82 Å². The molecule has 28 heavy (non-hydrogen) atoms. The van der Waals surface area contributed by atoms with Crippen LogP contribution >= 0.6 is 24.0 Å². The van der Waals surface area contributed by atoms with Crippen molar-refractivity contribution in [1.29, 1.82) is 0 Å². The third-order valence-electron chi connectivity index (χ3n) is 5.69. The Labute approximate surface area is 185 Å². The third kappa shape index (κ3) is 6.29. The van der Waals surface area contributed by atoms with Crippen molar-refractivity contribution in [1.82, 2.24) is 10.2 Å². The summed E-state index contributed by atoms with van der Waals surface area (Å²) in [4.78, 5) is 6.79. The number of piperidine rings is 1. The van der Waals surface area contributed by atoms with Crippen molar-refractivity contribution >= 4 is 29.9 Å². The number of methoxy groups -OCH3 is 1. The Morgan fingerprint density at radius 1 is 1.21 bits per heavy atom. The highest BCUT2D eigenvalue weighted by molar-refractivity contribution is 14.0. The minimum Gasteiger partial charge on any atom is -0.385 e. The van der Waals surface area contributed by atoms with Gasteiger partial charge in [0.15, 0.2) is 5.96 Å². The van der Waals surface area contributed by atoms with Crippen LogP contribution in [0.5, 0.6) is 0 Å². The smallest absolute Gasteiger partial charge is 0.193 e. The van der Waals surface area contributed by atoms with Gasteiger partial charge >= 0.3 is 0 Å². The summed E-state index contributed by atoms with van der Waals surface area (Å²) in [6.07, 6.45) is 5.61. The van der Waals surface area contributed by atoms with E-state index >= 15 is 0 Å². The summed E-state index contributed by atoms with van der Waals surface area (Å²) >= 11 is 0. The maximum absolute atomic E-state index is 13.2. The summed E-state index contributed by atoms with van der Waals surface area (Å²) in [5, 5.41) is 3.55. The highest BCUT2D eigenvalue weighted by Crippen LogP contribution is 2.47. The number of halogens is 2. The molecule has 5 nitrogen and oxygen atoms in total. The van der Waals surface area contributed by atoms with Crippen LogP contribution in [-0.2, 0) is 14.9 Å². The van der Waals surface area contributed by atoms with Crippen molar-refractivity contribution in [2.24, 2.45) is 4.99 Å². The van der Waals surface area contributed by atoms with Gasteiger partial charge in [0, 0.05) is 52.4 Å². The Balaban J connectivity index is 0.00000280. The first-order chi connectivity index (χ1) is 13.2. The maximum atomic E-state index is 13.2. The Morgan fingerprint density at radius 3 is 2.46 bits per heavy atom. The highest BCUT2D eigenvalue weighted by Gasteiger charge is 2.44. The van der Waals surface area contributed by atoms with E-state index in [4.69, 9.17) is 9.47 Å². The normalized spacial score (nSPS) is 19.2. The average Bonchev–Trinajstić information content (AvgIpc) is 3.48. The first-order valence-corrected chi connectivity index (χ1v) is 9.99. The first-order valence-electron chi connectivity index (χ1n) is 9.99. The molecule has 1 N–H and O–H groups in total. The monoisotopic (exact) mass is 505 g/mol. The maximum Gasteiger partial charge on any atom is 0.193 e. The Morgan fingerprint density at radius 2 is 1.89 bits per heavy atom. The molecule has 0 amide bonds. The number of likely N-dealkylation sites (tertiary alicyclic amines) is 1. The van der Waals surface area contributed by atoms with Crippen LogP contribution in [0.25, 0.3) is 0 Å². The molecule has 7 heteroatoms.